The van der Waals surface area contributed by atoms with E-state index in [4.69, 9.17) is 5.73 Å². The summed E-state index contributed by atoms with van der Waals surface area (Å²) in [6.07, 6.45) is 0. The zero-order valence-corrected chi connectivity index (χ0v) is 12.2. The molecule has 1 atom stereocenters. The highest BCUT2D eigenvalue weighted by molar-refractivity contribution is 7.84. The lowest BCUT2D eigenvalue weighted by atomic mass is 10.0. The fraction of sp³-hybridized carbons (Fsp3) is 0.188. The second-order valence-corrected chi connectivity index (χ2v) is 6.22. The predicted molar refractivity (Wildman–Crippen MR) is 82.5 cm³/mol. The van der Waals surface area contributed by atoms with Crippen LogP contribution in [-0.2, 0) is 21.3 Å². The molecule has 4 heteroatoms. The number of hydrogen-bond acceptors (Lipinski definition) is 2. The maximum absolute atomic E-state index is 11.7. The standard InChI is InChI=1S/C16H17NO2S/c1-12-4-2-6-14(8-12)15-7-3-5-13(9-15)10-20(19)11-16(17)18/h2-9H,10-11H2,1H3,(H2,17,18)/t20-/m1/s1. The van der Waals surface area contributed by atoms with Crippen LogP contribution in [0.4, 0.5) is 0 Å². The van der Waals surface area contributed by atoms with E-state index in [1.54, 1.807) is 0 Å². The minimum absolute atomic E-state index is 0.0886. The number of rotatable bonds is 5. The molecule has 0 saturated heterocycles. The molecule has 2 aromatic carbocycles. The first-order chi connectivity index (χ1) is 9.54. The van der Waals surface area contributed by atoms with E-state index in [0.29, 0.717) is 5.75 Å². The van der Waals surface area contributed by atoms with Crippen LogP contribution in [0.2, 0.25) is 0 Å². The van der Waals surface area contributed by atoms with Crippen LogP contribution in [-0.4, -0.2) is 15.9 Å². The number of aryl methyl sites for hydroxylation is 1. The van der Waals surface area contributed by atoms with Gasteiger partial charge in [0.05, 0.1) is 0 Å². The zero-order chi connectivity index (χ0) is 14.5. The zero-order valence-electron chi connectivity index (χ0n) is 11.3. The highest BCUT2D eigenvalue weighted by Crippen LogP contribution is 2.22. The van der Waals surface area contributed by atoms with Crippen molar-refractivity contribution >= 4 is 16.7 Å². The minimum atomic E-state index is -1.24. The third-order valence-electron chi connectivity index (χ3n) is 2.91. The maximum Gasteiger partial charge on any atom is 0.230 e. The number of nitrogens with two attached hydrogens (primary N) is 1. The molecule has 0 heterocycles. The molecule has 0 aliphatic heterocycles. The van der Waals surface area contributed by atoms with E-state index in [1.165, 1.54) is 5.56 Å². The average molecular weight is 287 g/mol. The molecular formula is C16H17NO2S. The summed E-state index contributed by atoms with van der Waals surface area (Å²) in [6.45, 7) is 2.05. The van der Waals surface area contributed by atoms with E-state index in [9.17, 15) is 9.00 Å². The van der Waals surface area contributed by atoms with Crippen LogP contribution in [0.3, 0.4) is 0 Å². The Morgan fingerprint density at radius 3 is 2.40 bits per heavy atom. The molecule has 2 rings (SSSR count). The smallest absolute Gasteiger partial charge is 0.230 e. The van der Waals surface area contributed by atoms with Gasteiger partial charge in [0.2, 0.25) is 5.91 Å². The van der Waals surface area contributed by atoms with Crippen LogP contribution in [0.5, 0.6) is 0 Å². The van der Waals surface area contributed by atoms with Gasteiger partial charge in [-0.15, -0.1) is 0 Å². The first-order valence-corrected chi connectivity index (χ1v) is 7.82. The summed E-state index contributed by atoms with van der Waals surface area (Å²) in [5, 5.41) is 0. The third-order valence-corrected chi connectivity index (χ3v) is 4.17. The van der Waals surface area contributed by atoms with Gasteiger partial charge >= 0.3 is 0 Å². The average Bonchev–Trinajstić information content (AvgIpc) is 2.38. The summed E-state index contributed by atoms with van der Waals surface area (Å²) in [5.74, 6) is -0.268. The molecule has 20 heavy (non-hydrogen) atoms. The molecule has 0 bridgehead atoms. The van der Waals surface area contributed by atoms with Crippen LogP contribution in [0.15, 0.2) is 48.5 Å². The normalized spacial score (nSPS) is 12.1. The van der Waals surface area contributed by atoms with Crippen LogP contribution >= 0.6 is 0 Å². The van der Waals surface area contributed by atoms with Gasteiger partial charge in [0.1, 0.15) is 5.75 Å². The Morgan fingerprint density at radius 1 is 1.10 bits per heavy atom. The number of hydrogen-bond donors (Lipinski definition) is 1. The molecule has 2 aromatic rings. The molecule has 0 saturated carbocycles. The lowest BCUT2D eigenvalue weighted by Crippen LogP contribution is -2.20. The van der Waals surface area contributed by atoms with Gasteiger partial charge < -0.3 is 5.73 Å². The monoisotopic (exact) mass is 287 g/mol. The summed E-state index contributed by atoms with van der Waals surface area (Å²) in [5.41, 5.74) is 9.42. The number of carbonyl (C=O) groups is 1. The fourth-order valence-corrected chi connectivity index (χ4v) is 3.03. The first-order valence-electron chi connectivity index (χ1n) is 6.34. The van der Waals surface area contributed by atoms with Gasteiger partial charge in [-0.3, -0.25) is 9.00 Å². The Morgan fingerprint density at radius 2 is 1.75 bits per heavy atom. The Hall–Kier alpha value is -1.94. The van der Waals surface area contributed by atoms with Crippen molar-refractivity contribution in [3.63, 3.8) is 0 Å². The van der Waals surface area contributed by atoms with Crippen LogP contribution in [0.25, 0.3) is 11.1 Å². The Labute approximate surface area is 121 Å². The fourth-order valence-electron chi connectivity index (χ4n) is 2.06. The second-order valence-electron chi connectivity index (χ2n) is 4.76. The number of amides is 1. The largest absolute Gasteiger partial charge is 0.369 e. The summed E-state index contributed by atoms with van der Waals surface area (Å²) in [4.78, 5) is 10.8. The third kappa shape index (κ3) is 4.03. The van der Waals surface area contributed by atoms with Gasteiger partial charge in [-0.25, -0.2) is 0 Å². The van der Waals surface area contributed by atoms with Crippen molar-refractivity contribution in [2.75, 3.05) is 5.75 Å². The molecule has 2 N–H and O–H groups in total. The van der Waals surface area contributed by atoms with Crippen LogP contribution in [0.1, 0.15) is 11.1 Å². The molecule has 0 fully saturated rings. The van der Waals surface area contributed by atoms with Crippen LogP contribution < -0.4 is 5.73 Å². The molecule has 0 unspecified atom stereocenters. The highest BCUT2D eigenvalue weighted by atomic mass is 32.2. The van der Waals surface area contributed by atoms with E-state index < -0.39 is 16.7 Å². The van der Waals surface area contributed by atoms with E-state index in [0.717, 1.165) is 16.7 Å². The summed E-state index contributed by atoms with van der Waals surface area (Å²) in [7, 11) is -1.24. The topological polar surface area (TPSA) is 60.2 Å². The van der Waals surface area contributed by atoms with E-state index in [-0.39, 0.29) is 5.75 Å². The maximum atomic E-state index is 11.7. The van der Waals surface area contributed by atoms with E-state index in [2.05, 4.69) is 19.1 Å². The van der Waals surface area contributed by atoms with Gasteiger partial charge in [-0.05, 0) is 23.6 Å². The van der Waals surface area contributed by atoms with Crippen molar-refractivity contribution < 1.29 is 9.00 Å². The van der Waals surface area contributed by atoms with Crippen molar-refractivity contribution in [1.29, 1.82) is 0 Å². The molecule has 104 valence electrons. The number of benzene rings is 2. The Bertz CT molecular complexity index is 652. The lowest BCUT2D eigenvalue weighted by molar-refractivity contribution is -0.115. The molecule has 0 aromatic heterocycles. The summed E-state index contributed by atoms with van der Waals surface area (Å²) in [6, 6.07) is 16.1. The predicted octanol–water partition coefficient (Wildman–Crippen LogP) is 2.40. The molecule has 0 radical (unpaired) electrons. The lowest BCUT2D eigenvalue weighted by Gasteiger charge is -2.06. The highest BCUT2D eigenvalue weighted by Gasteiger charge is 2.06. The molecule has 0 aliphatic rings. The van der Waals surface area contributed by atoms with Crippen molar-refractivity contribution in [2.24, 2.45) is 5.73 Å². The minimum Gasteiger partial charge on any atom is -0.369 e. The number of carbonyl (C=O) groups excluding carboxylic acids is 1. The molecule has 0 aliphatic carbocycles. The summed E-state index contributed by atoms with van der Waals surface area (Å²) >= 11 is 0. The second kappa shape index (κ2) is 6.48. The molecule has 1 amide bonds. The Kier molecular flexibility index (Phi) is 4.69. The first kappa shape index (κ1) is 14.5. The molecule has 0 spiro atoms. The van der Waals surface area contributed by atoms with E-state index >= 15 is 0 Å². The van der Waals surface area contributed by atoms with Crippen molar-refractivity contribution in [1.82, 2.24) is 0 Å². The summed E-state index contributed by atoms with van der Waals surface area (Å²) < 4.78 is 11.7. The van der Waals surface area contributed by atoms with Gasteiger partial charge in [0, 0.05) is 16.6 Å². The van der Waals surface area contributed by atoms with Gasteiger partial charge in [-0.1, -0.05) is 54.1 Å². The SMILES string of the molecule is Cc1cccc(-c2cccc(C[S@@](=O)CC(N)=O)c2)c1. The van der Waals surface area contributed by atoms with Crippen molar-refractivity contribution in [3.8, 4) is 11.1 Å². The van der Waals surface area contributed by atoms with Gasteiger partial charge in [-0.2, -0.15) is 0 Å². The van der Waals surface area contributed by atoms with Crippen LogP contribution in [0, 0.1) is 6.92 Å². The molecule has 3 nitrogen and oxygen atoms in total. The van der Waals surface area contributed by atoms with Crippen molar-refractivity contribution in [2.45, 2.75) is 12.7 Å². The Balaban J connectivity index is 2.20. The van der Waals surface area contributed by atoms with Gasteiger partial charge in [0.15, 0.2) is 0 Å². The number of primary amides is 1. The quantitative estimate of drug-likeness (QED) is 0.918. The van der Waals surface area contributed by atoms with Crippen molar-refractivity contribution in [3.05, 3.63) is 59.7 Å². The van der Waals surface area contributed by atoms with Gasteiger partial charge in [0.25, 0.3) is 0 Å². The molecular weight excluding hydrogens is 270 g/mol. The van der Waals surface area contributed by atoms with E-state index in [1.807, 2.05) is 36.4 Å².